The van der Waals surface area contributed by atoms with Crippen molar-refractivity contribution >= 4 is 27.5 Å². The van der Waals surface area contributed by atoms with Crippen LogP contribution in [0.2, 0.25) is 0 Å². The third-order valence-corrected chi connectivity index (χ3v) is 3.89. The van der Waals surface area contributed by atoms with Crippen molar-refractivity contribution in [2.45, 2.75) is 45.2 Å². The average Bonchev–Trinajstić information content (AvgIpc) is 3.23. The first-order chi connectivity index (χ1) is 9.61. The van der Waals surface area contributed by atoms with E-state index in [1.165, 1.54) is 4.68 Å². The first-order valence-electron chi connectivity index (χ1n) is 6.90. The Kier molecular flexibility index (Phi) is 5.17. The summed E-state index contributed by atoms with van der Waals surface area (Å²) in [6, 6.07) is 0.412. The van der Waals surface area contributed by atoms with E-state index in [0.717, 1.165) is 19.3 Å². The molecule has 7 heteroatoms. The van der Waals surface area contributed by atoms with Gasteiger partial charge in [0.2, 0.25) is 5.91 Å². The van der Waals surface area contributed by atoms with E-state index < -0.39 is 0 Å². The highest BCUT2D eigenvalue weighted by atomic mass is 79.9. The van der Waals surface area contributed by atoms with Crippen molar-refractivity contribution in [3.05, 3.63) is 21.0 Å². The Labute approximate surface area is 126 Å². The molecule has 0 aromatic carbocycles. The molecule has 1 amide bonds. The van der Waals surface area contributed by atoms with Crippen molar-refractivity contribution in [3.63, 3.8) is 0 Å². The van der Waals surface area contributed by atoms with Crippen LogP contribution in [0.1, 0.15) is 32.6 Å². The Morgan fingerprint density at radius 3 is 2.95 bits per heavy atom. The lowest BCUT2D eigenvalue weighted by Gasteiger charge is -2.09. The van der Waals surface area contributed by atoms with Gasteiger partial charge in [-0.2, -0.15) is 5.10 Å². The molecule has 1 aromatic heterocycles. The lowest BCUT2D eigenvalue weighted by atomic mass is 10.3. The molecule has 0 unspecified atom stereocenters. The molecule has 1 aliphatic carbocycles. The number of halogens is 1. The van der Waals surface area contributed by atoms with Crippen LogP contribution in [0.4, 0.5) is 5.69 Å². The summed E-state index contributed by atoms with van der Waals surface area (Å²) in [5.41, 5.74) is 0.520. The summed E-state index contributed by atoms with van der Waals surface area (Å²) in [6.07, 6.45) is 5.06. The van der Waals surface area contributed by atoms with E-state index in [1.54, 1.807) is 6.20 Å². The van der Waals surface area contributed by atoms with E-state index in [2.05, 4.69) is 31.7 Å². The smallest absolute Gasteiger partial charge is 0.283 e. The highest BCUT2D eigenvalue weighted by Gasteiger charge is 2.22. The van der Waals surface area contributed by atoms with Gasteiger partial charge in [-0.05, 0) is 42.1 Å². The third kappa shape index (κ3) is 4.06. The van der Waals surface area contributed by atoms with Crippen LogP contribution >= 0.6 is 15.9 Å². The molecular weight excluding hydrogens is 324 g/mol. The maximum absolute atomic E-state index is 11.8. The predicted molar refractivity (Wildman–Crippen MR) is 80.8 cm³/mol. The standard InChI is InChI=1S/C13H19BrN4O2/c1-2-18-13(20)12(14)10(8-16-18)15-7-3-4-11(19)17-9-5-6-9/h8-9,15H,2-7H2,1H3,(H,17,19). The highest BCUT2D eigenvalue weighted by molar-refractivity contribution is 9.10. The molecule has 2 N–H and O–H groups in total. The van der Waals surface area contributed by atoms with E-state index in [1.807, 2.05) is 6.92 Å². The monoisotopic (exact) mass is 342 g/mol. The third-order valence-electron chi connectivity index (χ3n) is 3.12. The van der Waals surface area contributed by atoms with Gasteiger partial charge in [0.15, 0.2) is 0 Å². The molecule has 110 valence electrons. The minimum atomic E-state index is -0.149. The van der Waals surface area contributed by atoms with Gasteiger partial charge in [-0.25, -0.2) is 4.68 Å². The van der Waals surface area contributed by atoms with Crippen LogP contribution in [-0.2, 0) is 11.3 Å². The van der Waals surface area contributed by atoms with Crippen molar-refractivity contribution in [3.8, 4) is 0 Å². The summed E-state index contributed by atoms with van der Waals surface area (Å²) in [5, 5.41) is 10.1. The number of hydrogen-bond acceptors (Lipinski definition) is 4. The highest BCUT2D eigenvalue weighted by Crippen LogP contribution is 2.19. The molecule has 1 heterocycles. The van der Waals surface area contributed by atoms with Gasteiger partial charge in [0.1, 0.15) is 4.47 Å². The van der Waals surface area contributed by atoms with Gasteiger partial charge in [-0.1, -0.05) is 0 Å². The van der Waals surface area contributed by atoms with Crippen LogP contribution in [0.3, 0.4) is 0 Å². The second-order valence-electron chi connectivity index (χ2n) is 4.87. The molecule has 0 radical (unpaired) electrons. The molecular formula is C13H19BrN4O2. The fourth-order valence-corrected chi connectivity index (χ4v) is 2.26. The molecule has 1 aliphatic rings. The molecule has 6 nitrogen and oxygen atoms in total. The minimum absolute atomic E-state index is 0.105. The molecule has 0 bridgehead atoms. The fraction of sp³-hybridized carbons (Fsp3) is 0.615. The van der Waals surface area contributed by atoms with Crippen LogP contribution < -0.4 is 16.2 Å². The number of rotatable bonds is 7. The van der Waals surface area contributed by atoms with Gasteiger partial charge in [0, 0.05) is 25.6 Å². The van der Waals surface area contributed by atoms with Crippen LogP contribution in [-0.4, -0.2) is 28.3 Å². The quantitative estimate of drug-likeness (QED) is 0.736. The van der Waals surface area contributed by atoms with Gasteiger partial charge in [-0.3, -0.25) is 9.59 Å². The Hall–Kier alpha value is -1.37. The maximum atomic E-state index is 11.8. The number of aromatic nitrogens is 2. The normalized spacial score (nSPS) is 14.1. The SMILES string of the molecule is CCn1ncc(NCCCC(=O)NC2CC2)c(Br)c1=O. The summed E-state index contributed by atoms with van der Waals surface area (Å²) in [4.78, 5) is 23.3. The number of carbonyl (C=O) groups excluding carboxylic acids is 1. The van der Waals surface area contributed by atoms with Crippen LogP contribution in [0.5, 0.6) is 0 Å². The topological polar surface area (TPSA) is 76.0 Å². The first kappa shape index (κ1) is 15.0. The van der Waals surface area contributed by atoms with Crippen molar-refractivity contribution in [1.82, 2.24) is 15.1 Å². The number of nitrogens with zero attached hydrogens (tertiary/aromatic N) is 2. The van der Waals surface area contributed by atoms with Gasteiger partial charge in [-0.15, -0.1) is 0 Å². The van der Waals surface area contributed by atoms with Crippen molar-refractivity contribution in [2.75, 3.05) is 11.9 Å². The zero-order valence-corrected chi connectivity index (χ0v) is 13.1. The van der Waals surface area contributed by atoms with Crippen LogP contribution in [0.25, 0.3) is 0 Å². The molecule has 0 aliphatic heterocycles. The Bertz CT molecular complexity index is 540. The molecule has 0 saturated heterocycles. The maximum Gasteiger partial charge on any atom is 0.283 e. The molecule has 2 rings (SSSR count). The van der Waals surface area contributed by atoms with E-state index in [-0.39, 0.29) is 11.5 Å². The lowest BCUT2D eigenvalue weighted by Crippen LogP contribution is -2.26. The van der Waals surface area contributed by atoms with Crippen molar-refractivity contribution in [1.29, 1.82) is 0 Å². The Morgan fingerprint density at radius 2 is 2.30 bits per heavy atom. The Balaban J connectivity index is 1.77. The summed E-state index contributed by atoms with van der Waals surface area (Å²) in [5.74, 6) is 0.105. The number of nitrogens with one attached hydrogen (secondary N) is 2. The second kappa shape index (κ2) is 6.88. The zero-order chi connectivity index (χ0) is 14.5. The number of hydrogen-bond donors (Lipinski definition) is 2. The van der Waals surface area contributed by atoms with Gasteiger partial charge >= 0.3 is 0 Å². The number of anilines is 1. The number of carbonyl (C=O) groups is 1. The van der Waals surface area contributed by atoms with Gasteiger partial charge < -0.3 is 10.6 Å². The molecule has 20 heavy (non-hydrogen) atoms. The molecule has 0 spiro atoms. The van der Waals surface area contributed by atoms with E-state index in [9.17, 15) is 9.59 Å². The molecule has 0 atom stereocenters. The summed E-state index contributed by atoms with van der Waals surface area (Å²) >= 11 is 3.28. The minimum Gasteiger partial charge on any atom is -0.383 e. The van der Waals surface area contributed by atoms with Gasteiger partial charge in [0.05, 0.1) is 11.9 Å². The number of aryl methyl sites for hydroxylation is 1. The van der Waals surface area contributed by atoms with E-state index >= 15 is 0 Å². The van der Waals surface area contributed by atoms with Crippen molar-refractivity contribution in [2.24, 2.45) is 0 Å². The molecule has 1 saturated carbocycles. The van der Waals surface area contributed by atoms with Crippen LogP contribution in [0, 0.1) is 0 Å². The van der Waals surface area contributed by atoms with Crippen molar-refractivity contribution < 1.29 is 4.79 Å². The zero-order valence-electron chi connectivity index (χ0n) is 11.5. The first-order valence-corrected chi connectivity index (χ1v) is 7.70. The van der Waals surface area contributed by atoms with Gasteiger partial charge in [0.25, 0.3) is 5.56 Å². The molecule has 1 fully saturated rings. The van der Waals surface area contributed by atoms with Crippen LogP contribution in [0.15, 0.2) is 15.5 Å². The average molecular weight is 343 g/mol. The lowest BCUT2D eigenvalue weighted by molar-refractivity contribution is -0.121. The molecule has 1 aromatic rings. The number of amides is 1. The Morgan fingerprint density at radius 1 is 1.55 bits per heavy atom. The van der Waals surface area contributed by atoms with E-state index in [4.69, 9.17) is 0 Å². The second-order valence-corrected chi connectivity index (χ2v) is 5.66. The summed E-state index contributed by atoms with van der Waals surface area (Å²) in [6.45, 7) is 3.04. The largest absolute Gasteiger partial charge is 0.383 e. The fourth-order valence-electron chi connectivity index (χ4n) is 1.81. The predicted octanol–water partition coefficient (Wildman–Crippen LogP) is 1.50. The van der Waals surface area contributed by atoms with E-state index in [0.29, 0.717) is 35.7 Å². The summed E-state index contributed by atoms with van der Waals surface area (Å²) in [7, 11) is 0. The summed E-state index contributed by atoms with van der Waals surface area (Å²) < 4.78 is 1.87.